The summed E-state index contributed by atoms with van der Waals surface area (Å²) in [5, 5.41) is 0. The Balaban J connectivity index is 0. The van der Waals surface area contributed by atoms with E-state index in [2.05, 4.69) is 11.8 Å². The summed E-state index contributed by atoms with van der Waals surface area (Å²) in [6, 6.07) is 0. The zero-order chi connectivity index (χ0) is 12.9. The van der Waals surface area contributed by atoms with Crippen molar-refractivity contribution in [2.24, 2.45) is 0 Å². The number of unbranched alkanes of at least 4 members (excludes halogenated alkanes) is 9. The minimum atomic E-state index is 0. The molecular weight excluding hydrogens is 272 g/mol. The Morgan fingerprint density at radius 1 is 0.750 bits per heavy atom. The summed E-state index contributed by atoms with van der Waals surface area (Å²) in [6.45, 7) is 7.76. The Kier molecular flexibility index (Phi) is 19.3. The van der Waals surface area contributed by atoms with E-state index in [4.69, 9.17) is 4.74 Å². The molecule has 20 heavy (non-hydrogen) atoms. The standard InChI is InChI=1S/C16H33NO.ClH.H3N/c1-2-3-4-5-6-7-8-9-10-11-12-17-13-15-18-16-14-17;;/h2-16H2,1H3;1H;1H3. The normalized spacial score (nSPS) is 15.4. The number of hydrogen-bond donors (Lipinski definition) is 1. The lowest BCUT2D eigenvalue weighted by molar-refractivity contribution is 0.0371. The van der Waals surface area contributed by atoms with Crippen LogP contribution in [0.5, 0.6) is 0 Å². The molecule has 0 aromatic rings. The van der Waals surface area contributed by atoms with Crippen LogP contribution in [0.2, 0.25) is 0 Å². The second kappa shape index (κ2) is 17.2. The summed E-state index contributed by atoms with van der Waals surface area (Å²) >= 11 is 0. The van der Waals surface area contributed by atoms with Gasteiger partial charge in [-0.05, 0) is 13.0 Å². The zero-order valence-corrected chi connectivity index (χ0v) is 14.4. The molecule has 0 saturated carbocycles. The number of halogens is 1. The first-order chi connectivity index (χ1) is 8.93. The van der Waals surface area contributed by atoms with Crippen molar-refractivity contribution in [3.8, 4) is 0 Å². The van der Waals surface area contributed by atoms with Gasteiger partial charge in [0.05, 0.1) is 13.2 Å². The Morgan fingerprint density at radius 2 is 1.20 bits per heavy atom. The van der Waals surface area contributed by atoms with Gasteiger partial charge in [0.25, 0.3) is 0 Å². The van der Waals surface area contributed by atoms with Gasteiger partial charge in [0.15, 0.2) is 0 Å². The van der Waals surface area contributed by atoms with Crippen LogP contribution in [0, 0.1) is 0 Å². The van der Waals surface area contributed by atoms with Crippen molar-refractivity contribution in [1.29, 1.82) is 0 Å². The van der Waals surface area contributed by atoms with Gasteiger partial charge in [-0.1, -0.05) is 64.7 Å². The van der Waals surface area contributed by atoms with Gasteiger partial charge in [-0.15, -0.1) is 12.4 Å². The molecule has 0 aromatic carbocycles. The van der Waals surface area contributed by atoms with Crippen LogP contribution in [0.15, 0.2) is 0 Å². The van der Waals surface area contributed by atoms with Crippen molar-refractivity contribution < 1.29 is 4.74 Å². The van der Waals surface area contributed by atoms with Crippen molar-refractivity contribution in [3.63, 3.8) is 0 Å². The first-order valence-corrected chi connectivity index (χ1v) is 8.23. The molecule has 0 radical (unpaired) electrons. The maximum Gasteiger partial charge on any atom is 0.0594 e. The van der Waals surface area contributed by atoms with Crippen LogP contribution in [-0.2, 0) is 4.74 Å². The summed E-state index contributed by atoms with van der Waals surface area (Å²) in [6.07, 6.45) is 14.3. The summed E-state index contributed by atoms with van der Waals surface area (Å²) in [5.74, 6) is 0. The number of hydrogen-bond acceptors (Lipinski definition) is 3. The van der Waals surface area contributed by atoms with Crippen molar-refractivity contribution in [2.75, 3.05) is 32.8 Å². The molecule has 1 rings (SSSR count). The lowest BCUT2D eigenvalue weighted by atomic mass is 10.1. The topological polar surface area (TPSA) is 47.5 Å². The van der Waals surface area contributed by atoms with E-state index in [9.17, 15) is 0 Å². The van der Waals surface area contributed by atoms with Gasteiger partial charge in [0, 0.05) is 13.1 Å². The molecule has 0 aliphatic carbocycles. The van der Waals surface area contributed by atoms with E-state index in [1.807, 2.05) is 0 Å². The highest BCUT2D eigenvalue weighted by molar-refractivity contribution is 5.85. The summed E-state index contributed by atoms with van der Waals surface area (Å²) < 4.78 is 5.36. The van der Waals surface area contributed by atoms with Crippen molar-refractivity contribution in [3.05, 3.63) is 0 Å². The van der Waals surface area contributed by atoms with Crippen LogP contribution in [0.4, 0.5) is 0 Å². The molecule has 1 heterocycles. The van der Waals surface area contributed by atoms with Gasteiger partial charge in [0.1, 0.15) is 0 Å². The third-order valence-corrected chi connectivity index (χ3v) is 3.93. The Hall–Kier alpha value is 0.170. The maximum absolute atomic E-state index is 5.36. The molecule has 1 aliphatic rings. The second-order valence-corrected chi connectivity index (χ2v) is 5.64. The van der Waals surface area contributed by atoms with E-state index in [0.29, 0.717) is 0 Å². The molecule has 0 bridgehead atoms. The summed E-state index contributed by atoms with van der Waals surface area (Å²) in [4.78, 5) is 2.55. The molecule has 124 valence electrons. The van der Waals surface area contributed by atoms with Crippen LogP contribution in [0.3, 0.4) is 0 Å². The van der Waals surface area contributed by atoms with Crippen molar-refractivity contribution >= 4 is 12.4 Å². The third kappa shape index (κ3) is 13.2. The third-order valence-electron chi connectivity index (χ3n) is 3.93. The first-order valence-electron chi connectivity index (χ1n) is 8.23. The molecule has 0 aromatic heterocycles. The number of rotatable bonds is 11. The zero-order valence-electron chi connectivity index (χ0n) is 13.6. The molecule has 1 aliphatic heterocycles. The van der Waals surface area contributed by atoms with Crippen LogP contribution in [-0.4, -0.2) is 37.7 Å². The van der Waals surface area contributed by atoms with Crippen LogP contribution >= 0.6 is 12.4 Å². The lowest BCUT2D eigenvalue weighted by Crippen LogP contribution is -2.36. The first kappa shape index (κ1) is 22.5. The van der Waals surface area contributed by atoms with E-state index in [-0.39, 0.29) is 18.6 Å². The fourth-order valence-electron chi connectivity index (χ4n) is 2.65. The van der Waals surface area contributed by atoms with Crippen molar-refractivity contribution in [1.82, 2.24) is 11.1 Å². The Bertz CT molecular complexity index is 176. The summed E-state index contributed by atoms with van der Waals surface area (Å²) in [7, 11) is 0. The van der Waals surface area contributed by atoms with E-state index in [1.54, 1.807) is 0 Å². The van der Waals surface area contributed by atoms with Gasteiger partial charge in [0.2, 0.25) is 0 Å². The molecule has 3 N–H and O–H groups in total. The SMILES string of the molecule is CCCCCCCCCCCCN1CCOCC1.Cl.N. The highest BCUT2D eigenvalue weighted by Crippen LogP contribution is 2.11. The molecule has 3 nitrogen and oxygen atoms in total. The van der Waals surface area contributed by atoms with E-state index >= 15 is 0 Å². The van der Waals surface area contributed by atoms with Crippen LogP contribution < -0.4 is 6.15 Å². The van der Waals surface area contributed by atoms with Gasteiger partial charge < -0.3 is 10.9 Å². The lowest BCUT2D eigenvalue weighted by Gasteiger charge is -2.26. The number of ether oxygens (including phenoxy) is 1. The number of nitrogens with zero attached hydrogens (tertiary/aromatic N) is 1. The maximum atomic E-state index is 5.36. The molecule has 4 heteroatoms. The van der Waals surface area contributed by atoms with Crippen LogP contribution in [0.1, 0.15) is 71.1 Å². The van der Waals surface area contributed by atoms with E-state index in [1.165, 1.54) is 70.8 Å². The minimum Gasteiger partial charge on any atom is -0.379 e. The molecule has 1 saturated heterocycles. The fourth-order valence-corrected chi connectivity index (χ4v) is 2.65. The van der Waals surface area contributed by atoms with Crippen LogP contribution in [0.25, 0.3) is 0 Å². The van der Waals surface area contributed by atoms with E-state index in [0.717, 1.165) is 26.3 Å². The Morgan fingerprint density at radius 3 is 1.70 bits per heavy atom. The highest BCUT2D eigenvalue weighted by Gasteiger charge is 2.08. The molecule has 1 fully saturated rings. The molecule has 0 spiro atoms. The average molecular weight is 309 g/mol. The van der Waals surface area contributed by atoms with Crippen molar-refractivity contribution in [2.45, 2.75) is 71.1 Å². The Labute approximate surface area is 132 Å². The quantitative estimate of drug-likeness (QED) is 0.556. The fraction of sp³-hybridized carbons (Fsp3) is 1.00. The average Bonchev–Trinajstić information content (AvgIpc) is 2.42. The molecule has 0 amide bonds. The van der Waals surface area contributed by atoms with Gasteiger partial charge in [-0.25, -0.2) is 0 Å². The largest absolute Gasteiger partial charge is 0.379 e. The van der Waals surface area contributed by atoms with E-state index < -0.39 is 0 Å². The molecular formula is C16H37ClN2O. The van der Waals surface area contributed by atoms with Gasteiger partial charge >= 0.3 is 0 Å². The predicted octanol–water partition coefficient (Wildman–Crippen LogP) is 4.82. The summed E-state index contributed by atoms with van der Waals surface area (Å²) in [5.41, 5.74) is 0. The highest BCUT2D eigenvalue weighted by atomic mass is 35.5. The smallest absolute Gasteiger partial charge is 0.0594 e. The van der Waals surface area contributed by atoms with Gasteiger partial charge in [-0.2, -0.15) is 0 Å². The molecule has 0 unspecified atom stereocenters. The number of morpholine rings is 1. The van der Waals surface area contributed by atoms with Gasteiger partial charge in [-0.3, -0.25) is 4.90 Å². The predicted molar refractivity (Wildman–Crippen MR) is 91.4 cm³/mol. The minimum absolute atomic E-state index is 0. The second-order valence-electron chi connectivity index (χ2n) is 5.64. The molecule has 0 atom stereocenters. The monoisotopic (exact) mass is 308 g/mol.